The zero-order chi connectivity index (χ0) is 12.3. The molecule has 0 aromatic heterocycles. The van der Waals surface area contributed by atoms with Crippen LogP contribution >= 0.6 is 0 Å². The topological polar surface area (TPSA) is 52.3 Å². The lowest BCUT2D eigenvalue weighted by molar-refractivity contribution is -0.150. The van der Waals surface area contributed by atoms with E-state index in [4.69, 9.17) is 5.73 Å². The van der Waals surface area contributed by atoms with Gasteiger partial charge in [0.05, 0.1) is 6.61 Å². The molecule has 1 aliphatic rings. The Hall–Kier alpha value is -1.04. The molecule has 1 aliphatic carbocycles. The van der Waals surface area contributed by atoms with E-state index in [1.807, 2.05) is 0 Å². The summed E-state index contributed by atoms with van der Waals surface area (Å²) in [7, 11) is 0. The highest BCUT2D eigenvalue weighted by atomic mass is 19.4. The number of hydrogen-bond acceptors (Lipinski definition) is 3. The summed E-state index contributed by atoms with van der Waals surface area (Å²) in [6.07, 6.45) is -3.41. The van der Waals surface area contributed by atoms with Crippen LogP contribution < -0.4 is 5.73 Å². The highest BCUT2D eigenvalue weighted by molar-refractivity contribution is 5.91. The molecule has 0 spiro atoms. The molecule has 0 unspecified atom stereocenters. The Kier molecular flexibility index (Phi) is 3.96. The molecule has 0 radical (unpaired) electrons. The summed E-state index contributed by atoms with van der Waals surface area (Å²) in [5.74, 6) is -1.32. The van der Waals surface area contributed by atoms with Gasteiger partial charge in [0.15, 0.2) is 0 Å². The highest BCUT2D eigenvalue weighted by Gasteiger charge is 2.44. The number of esters is 1. The second-order valence-electron chi connectivity index (χ2n) is 3.62. The summed E-state index contributed by atoms with van der Waals surface area (Å²) in [4.78, 5) is 11.3. The lowest BCUT2D eigenvalue weighted by atomic mass is 10.0. The number of nitrogens with two attached hydrogens (primary N) is 1. The first-order valence-electron chi connectivity index (χ1n) is 5.10. The van der Waals surface area contributed by atoms with E-state index in [-0.39, 0.29) is 18.6 Å². The molecule has 0 heterocycles. The third-order valence-electron chi connectivity index (χ3n) is 2.49. The average molecular weight is 237 g/mol. The van der Waals surface area contributed by atoms with Crippen molar-refractivity contribution in [3.05, 3.63) is 11.1 Å². The van der Waals surface area contributed by atoms with Crippen LogP contribution in [0.15, 0.2) is 11.1 Å². The van der Waals surface area contributed by atoms with Crippen LogP contribution in [0.2, 0.25) is 0 Å². The van der Waals surface area contributed by atoms with Crippen LogP contribution in [-0.4, -0.2) is 24.8 Å². The minimum absolute atomic E-state index is 0.0223. The van der Waals surface area contributed by atoms with Gasteiger partial charge in [0.2, 0.25) is 0 Å². The van der Waals surface area contributed by atoms with Crippen LogP contribution in [0.25, 0.3) is 0 Å². The van der Waals surface area contributed by atoms with E-state index in [1.54, 1.807) is 0 Å². The van der Waals surface area contributed by atoms with Crippen molar-refractivity contribution in [2.75, 3.05) is 6.61 Å². The smallest absolute Gasteiger partial charge is 0.423 e. The SMILES string of the molecule is CCOC(=O)/C(=C1\CCC[C@@H]1N)C(F)(F)F. The minimum Gasteiger partial charge on any atom is -0.462 e. The average Bonchev–Trinajstić information content (AvgIpc) is 2.50. The predicted octanol–water partition coefficient (Wildman–Crippen LogP) is 1.92. The van der Waals surface area contributed by atoms with E-state index in [9.17, 15) is 18.0 Å². The number of halogens is 3. The fourth-order valence-electron chi connectivity index (χ4n) is 1.81. The standard InChI is InChI=1S/C10H14F3NO2/c1-2-16-9(15)8(10(11,12)13)6-4-3-5-7(6)14/h7H,2-5,14H2,1H3/b8-6-/t7-/m0/s1. The Morgan fingerprint density at radius 1 is 1.56 bits per heavy atom. The van der Waals surface area contributed by atoms with Gasteiger partial charge in [0.1, 0.15) is 5.57 Å². The van der Waals surface area contributed by atoms with Crippen LogP contribution in [0.5, 0.6) is 0 Å². The molecule has 1 atom stereocenters. The summed E-state index contributed by atoms with van der Waals surface area (Å²) < 4.78 is 42.5. The first-order chi connectivity index (χ1) is 7.38. The van der Waals surface area contributed by atoms with E-state index in [2.05, 4.69) is 4.74 Å². The minimum atomic E-state index is -4.69. The van der Waals surface area contributed by atoms with Gasteiger partial charge in [0, 0.05) is 6.04 Å². The van der Waals surface area contributed by atoms with E-state index >= 15 is 0 Å². The van der Waals surface area contributed by atoms with E-state index in [0.29, 0.717) is 12.8 Å². The maximum absolute atomic E-state index is 12.7. The number of ether oxygens (including phenoxy) is 1. The van der Waals surface area contributed by atoms with E-state index < -0.39 is 23.8 Å². The van der Waals surface area contributed by atoms with Crippen molar-refractivity contribution < 1.29 is 22.7 Å². The molecular weight excluding hydrogens is 223 g/mol. The molecule has 0 saturated heterocycles. The van der Waals surface area contributed by atoms with Gasteiger partial charge in [-0.05, 0) is 31.8 Å². The molecule has 6 heteroatoms. The monoisotopic (exact) mass is 237 g/mol. The molecule has 92 valence electrons. The molecule has 0 amide bonds. The van der Waals surface area contributed by atoms with Gasteiger partial charge < -0.3 is 10.5 Å². The summed E-state index contributed by atoms with van der Waals surface area (Å²) >= 11 is 0. The lowest BCUT2D eigenvalue weighted by Crippen LogP contribution is -2.29. The number of hydrogen-bond donors (Lipinski definition) is 1. The Balaban J connectivity index is 3.09. The van der Waals surface area contributed by atoms with Crippen LogP contribution in [0.3, 0.4) is 0 Å². The maximum Gasteiger partial charge on any atom is 0.423 e. The lowest BCUT2D eigenvalue weighted by Gasteiger charge is -2.16. The van der Waals surface area contributed by atoms with Crippen LogP contribution in [-0.2, 0) is 9.53 Å². The summed E-state index contributed by atoms with van der Waals surface area (Å²) in [5, 5.41) is 0. The van der Waals surface area contributed by atoms with Gasteiger partial charge in [-0.3, -0.25) is 0 Å². The maximum atomic E-state index is 12.7. The second kappa shape index (κ2) is 4.86. The van der Waals surface area contributed by atoms with Crippen molar-refractivity contribution in [3.63, 3.8) is 0 Å². The number of rotatable bonds is 2. The van der Waals surface area contributed by atoms with E-state index in [0.717, 1.165) is 0 Å². The third-order valence-corrected chi connectivity index (χ3v) is 2.49. The van der Waals surface area contributed by atoms with Gasteiger partial charge in [-0.2, -0.15) is 13.2 Å². The van der Waals surface area contributed by atoms with Gasteiger partial charge >= 0.3 is 12.1 Å². The third kappa shape index (κ3) is 2.75. The molecule has 0 aromatic rings. The molecule has 16 heavy (non-hydrogen) atoms. The molecule has 0 aromatic carbocycles. The fraction of sp³-hybridized carbons (Fsp3) is 0.700. The Labute approximate surface area is 91.4 Å². The largest absolute Gasteiger partial charge is 0.462 e. The number of carbonyl (C=O) groups is 1. The van der Waals surface area contributed by atoms with Crippen LogP contribution in [0, 0.1) is 0 Å². The number of alkyl halides is 3. The Morgan fingerprint density at radius 3 is 2.56 bits per heavy atom. The van der Waals surface area contributed by atoms with Crippen LogP contribution in [0.1, 0.15) is 26.2 Å². The molecule has 1 rings (SSSR count). The van der Waals surface area contributed by atoms with Gasteiger partial charge in [-0.1, -0.05) is 0 Å². The molecule has 0 aliphatic heterocycles. The van der Waals surface area contributed by atoms with Crippen molar-refractivity contribution in [1.29, 1.82) is 0 Å². The Bertz CT molecular complexity index is 310. The van der Waals surface area contributed by atoms with Gasteiger partial charge in [-0.25, -0.2) is 4.79 Å². The van der Waals surface area contributed by atoms with Crippen molar-refractivity contribution in [2.24, 2.45) is 5.73 Å². The fourth-order valence-corrected chi connectivity index (χ4v) is 1.81. The summed E-state index contributed by atoms with van der Waals surface area (Å²) in [5.41, 5.74) is 4.31. The molecule has 2 N–H and O–H groups in total. The number of carbonyl (C=O) groups excluding carboxylic acids is 1. The van der Waals surface area contributed by atoms with Crippen molar-refractivity contribution in [1.82, 2.24) is 0 Å². The predicted molar refractivity (Wildman–Crippen MR) is 51.5 cm³/mol. The zero-order valence-electron chi connectivity index (χ0n) is 8.93. The second-order valence-corrected chi connectivity index (χ2v) is 3.62. The van der Waals surface area contributed by atoms with Crippen LogP contribution in [0.4, 0.5) is 13.2 Å². The van der Waals surface area contributed by atoms with Gasteiger partial charge in [0.25, 0.3) is 0 Å². The summed E-state index contributed by atoms with van der Waals surface area (Å²) in [6, 6.07) is -0.680. The first-order valence-corrected chi connectivity index (χ1v) is 5.10. The van der Waals surface area contributed by atoms with Gasteiger partial charge in [-0.15, -0.1) is 0 Å². The summed E-state index contributed by atoms with van der Waals surface area (Å²) in [6.45, 7) is 1.38. The van der Waals surface area contributed by atoms with Crippen molar-refractivity contribution in [3.8, 4) is 0 Å². The first kappa shape index (κ1) is 13.0. The molecule has 0 bridgehead atoms. The molecule has 1 saturated carbocycles. The Morgan fingerprint density at radius 2 is 2.19 bits per heavy atom. The quantitative estimate of drug-likeness (QED) is 0.589. The van der Waals surface area contributed by atoms with Crippen molar-refractivity contribution >= 4 is 5.97 Å². The highest BCUT2D eigenvalue weighted by Crippen LogP contribution is 2.35. The van der Waals surface area contributed by atoms with E-state index in [1.165, 1.54) is 6.92 Å². The normalized spacial score (nSPS) is 24.4. The van der Waals surface area contributed by atoms with Crippen molar-refractivity contribution in [2.45, 2.75) is 38.4 Å². The molecular formula is C10H14F3NO2. The molecule has 3 nitrogen and oxygen atoms in total. The molecule has 1 fully saturated rings. The zero-order valence-corrected chi connectivity index (χ0v) is 8.93.